The molecule has 0 aliphatic carbocycles. The van der Waals surface area contributed by atoms with Gasteiger partial charge in [0.1, 0.15) is 11.6 Å². The summed E-state index contributed by atoms with van der Waals surface area (Å²) in [6, 6.07) is 4.01. The smallest absolute Gasteiger partial charge is 0.254 e. The third-order valence-electron chi connectivity index (χ3n) is 3.13. The third-order valence-corrected chi connectivity index (χ3v) is 3.44. The molecule has 98 valence electrons. The molecule has 1 aromatic heterocycles. The highest BCUT2D eigenvalue weighted by atomic mass is 35.5. The Kier molecular flexibility index (Phi) is 3.08. The Labute approximate surface area is 113 Å². The molecule has 0 bridgehead atoms. The quantitative estimate of drug-likeness (QED) is 0.838. The van der Waals surface area contributed by atoms with E-state index in [1.807, 2.05) is 0 Å². The Bertz CT molecular complexity index is 699. The van der Waals surface area contributed by atoms with E-state index < -0.39 is 5.82 Å². The first kappa shape index (κ1) is 12.3. The molecule has 19 heavy (non-hydrogen) atoms. The fraction of sp³-hybridized carbons (Fsp3) is 0.231. The predicted molar refractivity (Wildman–Crippen MR) is 70.7 cm³/mol. The molecule has 0 spiro atoms. The highest BCUT2D eigenvalue weighted by Gasteiger charge is 2.16. The summed E-state index contributed by atoms with van der Waals surface area (Å²) in [5.74, 6) is -0.0480. The van der Waals surface area contributed by atoms with Crippen molar-refractivity contribution in [1.29, 1.82) is 0 Å². The van der Waals surface area contributed by atoms with E-state index in [0.29, 0.717) is 29.9 Å². The molecule has 2 aromatic rings. The lowest BCUT2D eigenvalue weighted by Crippen LogP contribution is -2.31. The van der Waals surface area contributed by atoms with Gasteiger partial charge < -0.3 is 10.3 Å². The zero-order chi connectivity index (χ0) is 13.4. The zero-order valence-electron chi connectivity index (χ0n) is 9.96. The van der Waals surface area contributed by atoms with Crippen molar-refractivity contribution in [3.05, 3.63) is 50.7 Å². The van der Waals surface area contributed by atoms with E-state index in [2.05, 4.69) is 15.3 Å². The van der Waals surface area contributed by atoms with Gasteiger partial charge in [-0.15, -0.1) is 0 Å². The van der Waals surface area contributed by atoms with Crippen LogP contribution in [0.25, 0.3) is 11.4 Å². The van der Waals surface area contributed by atoms with E-state index in [-0.39, 0.29) is 10.6 Å². The van der Waals surface area contributed by atoms with Crippen molar-refractivity contribution in [1.82, 2.24) is 15.3 Å². The summed E-state index contributed by atoms with van der Waals surface area (Å²) in [7, 11) is 0. The second-order valence-corrected chi connectivity index (χ2v) is 4.80. The first-order valence-electron chi connectivity index (χ1n) is 5.93. The largest absolute Gasteiger partial charge is 0.311 e. The lowest BCUT2D eigenvalue weighted by atomic mass is 10.1. The normalized spacial score (nSPS) is 14.2. The molecule has 0 fully saturated rings. The van der Waals surface area contributed by atoms with Crippen molar-refractivity contribution in [2.45, 2.75) is 13.0 Å². The fourth-order valence-corrected chi connectivity index (χ4v) is 2.43. The number of halogens is 2. The number of H-pyrrole nitrogens is 1. The van der Waals surface area contributed by atoms with Crippen LogP contribution in [0.1, 0.15) is 11.3 Å². The van der Waals surface area contributed by atoms with E-state index in [1.54, 1.807) is 0 Å². The standard InChI is InChI=1S/C13H11ClFN3O/c14-10-5-7(15)1-2-8(10)12-17-11-6-16-4-3-9(11)13(19)18-12/h1-2,5,16H,3-4,6H2,(H,17,18,19). The number of nitrogens with zero attached hydrogens (tertiary/aromatic N) is 1. The number of fused-ring (bicyclic) bond motifs is 1. The third kappa shape index (κ3) is 2.27. The first-order chi connectivity index (χ1) is 9.15. The molecule has 0 unspecified atom stereocenters. The summed E-state index contributed by atoms with van der Waals surface area (Å²) in [6.45, 7) is 1.33. The SMILES string of the molecule is O=c1[nH]c(-c2ccc(F)cc2Cl)nc2c1CCNC2. The van der Waals surface area contributed by atoms with Gasteiger partial charge in [-0.05, 0) is 31.2 Å². The van der Waals surface area contributed by atoms with E-state index in [9.17, 15) is 9.18 Å². The highest BCUT2D eigenvalue weighted by molar-refractivity contribution is 6.33. The van der Waals surface area contributed by atoms with Crippen LogP contribution in [0, 0.1) is 5.82 Å². The summed E-state index contributed by atoms with van der Waals surface area (Å²) in [6.07, 6.45) is 0.662. The van der Waals surface area contributed by atoms with Crippen molar-refractivity contribution in [3.63, 3.8) is 0 Å². The topological polar surface area (TPSA) is 57.8 Å². The molecule has 0 radical (unpaired) electrons. The number of hydrogen-bond donors (Lipinski definition) is 2. The van der Waals surface area contributed by atoms with E-state index in [4.69, 9.17) is 11.6 Å². The average molecular weight is 280 g/mol. The molecule has 1 aliphatic rings. The molecule has 2 heterocycles. The average Bonchev–Trinajstić information content (AvgIpc) is 2.38. The summed E-state index contributed by atoms with van der Waals surface area (Å²) >= 11 is 5.98. The first-order valence-corrected chi connectivity index (χ1v) is 6.31. The van der Waals surface area contributed by atoms with Crippen molar-refractivity contribution in [2.24, 2.45) is 0 Å². The minimum Gasteiger partial charge on any atom is -0.311 e. The molecule has 1 aliphatic heterocycles. The van der Waals surface area contributed by atoms with Crippen LogP contribution in [0.3, 0.4) is 0 Å². The molecule has 0 atom stereocenters. The van der Waals surface area contributed by atoms with Crippen molar-refractivity contribution in [2.75, 3.05) is 6.54 Å². The molecule has 0 saturated carbocycles. The van der Waals surface area contributed by atoms with Crippen LogP contribution in [0.4, 0.5) is 4.39 Å². The molecule has 0 saturated heterocycles. The number of hydrogen-bond acceptors (Lipinski definition) is 3. The maximum absolute atomic E-state index is 13.0. The molecule has 3 rings (SSSR count). The second-order valence-electron chi connectivity index (χ2n) is 4.39. The van der Waals surface area contributed by atoms with Gasteiger partial charge in [-0.25, -0.2) is 9.37 Å². The van der Waals surface area contributed by atoms with Gasteiger partial charge in [0.25, 0.3) is 5.56 Å². The summed E-state index contributed by atoms with van der Waals surface area (Å²) in [4.78, 5) is 19.1. The van der Waals surface area contributed by atoms with Gasteiger partial charge in [0, 0.05) is 17.7 Å². The van der Waals surface area contributed by atoms with Gasteiger partial charge in [0.05, 0.1) is 10.7 Å². The van der Waals surface area contributed by atoms with E-state index >= 15 is 0 Å². The molecular weight excluding hydrogens is 269 g/mol. The molecule has 0 amide bonds. The number of rotatable bonds is 1. The van der Waals surface area contributed by atoms with Crippen molar-refractivity contribution in [3.8, 4) is 11.4 Å². The van der Waals surface area contributed by atoms with Gasteiger partial charge in [0.15, 0.2) is 0 Å². The lowest BCUT2D eigenvalue weighted by molar-refractivity contribution is 0.619. The molecule has 1 aromatic carbocycles. The van der Waals surface area contributed by atoms with Crippen LogP contribution in [0.5, 0.6) is 0 Å². The minimum absolute atomic E-state index is 0.151. The number of aromatic nitrogens is 2. The van der Waals surface area contributed by atoms with Crippen LogP contribution >= 0.6 is 11.6 Å². The number of nitrogens with one attached hydrogen (secondary N) is 2. The monoisotopic (exact) mass is 279 g/mol. The lowest BCUT2D eigenvalue weighted by Gasteiger charge is -2.16. The van der Waals surface area contributed by atoms with E-state index in [0.717, 1.165) is 12.2 Å². The van der Waals surface area contributed by atoms with Crippen molar-refractivity contribution < 1.29 is 4.39 Å². The zero-order valence-corrected chi connectivity index (χ0v) is 10.7. The Morgan fingerprint density at radius 2 is 2.21 bits per heavy atom. The summed E-state index contributed by atoms with van der Waals surface area (Å²) in [5, 5.41) is 3.39. The summed E-state index contributed by atoms with van der Waals surface area (Å²) < 4.78 is 13.0. The molecule has 4 nitrogen and oxygen atoms in total. The van der Waals surface area contributed by atoms with Crippen LogP contribution < -0.4 is 10.9 Å². The Balaban J connectivity index is 2.15. The Hall–Kier alpha value is -1.72. The van der Waals surface area contributed by atoms with Crippen LogP contribution in [0.2, 0.25) is 5.02 Å². The van der Waals surface area contributed by atoms with Gasteiger partial charge in [-0.2, -0.15) is 0 Å². The predicted octanol–water partition coefficient (Wildman–Crippen LogP) is 1.88. The van der Waals surface area contributed by atoms with Gasteiger partial charge >= 0.3 is 0 Å². The van der Waals surface area contributed by atoms with E-state index in [1.165, 1.54) is 18.2 Å². The van der Waals surface area contributed by atoms with Crippen LogP contribution in [-0.4, -0.2) is 16.5 Å². The van der Waals surface area contributed by atoms with Gasteiger partial charge in [-0.1, -0.05) is 11.6 Å². The Morgan fingerprint density at radius 1 is 1.37 bits per heavy atom. The minimum atomic E-state index is -0.421. The molecule has 6 heteroatoms. The fourth-order valence-electron chi connectivity index (χ4n) is 2.18. The highest BCUT2D eigenvalue weighted by Crippen LogP contribution is 2.25. The molecular formula is C13H11ClFN3O. The van der Waals surface area contributed by atoms with Gasteiger partial charge in [0.2, 0.25) is 0 Å². The molecule has 2 N–H and O–H groups in total. The maximum Gasteiger partial charge on any atom is 0.254 e. The number of benzene rings is 1. The maximum atomic E-state index is 13.0. The van der Waals surface area contributed by atoms with Gasteiger partial charge in [-0.3, -0.25) is 4.79 Å². The van der Waals surface area contributed by atoms with Crippen LogP contribution in [-0.2, 0) is 13.0 Å². The Morgan fingerprint density at radius 3 is 3.00 bits per heavy atom. The summed E-state index contributed by atoms with van der Waals surface area (Å²) in [5.41, 5.74) is 1.81. The second kappa shape index (κ2) is 4.75. The van der Waals surface area contributed by atoms with Crippen molar-refractivity contribution >= 4 is 11.6 Å². The van der Waals surface area contributed by atoms with Crippen LogP contribution in [0.15, 0.2) is 23.0 Å². The number of aromatic amines is 1.